The quantitative estimate of drug-likeness (QED) is 0.690. The van der Waals surface area contributed by atoms with E-state index in [1.165, 1.54) is 6.07 Å². The molecule has 7 nitrogen and oxygen atoms in total. The lowest BCUT2D eigenvalue weighted by Crippen LogP contribution is -2.62. The molecule has 0 radical (unpaired) electrons. The van der Waals surface area contributed by atoms with Crippen LogP contribution in [0, 0.1) is 0 Å². The topological polar surface area (TPSA) is 80.1 Å². The lowest BCUT2D eigenvalue weighted by molar-refractivity contribution is -0.156. The molecule has 2 saturated heterocycles. The van der Waals surface area contributed by atoms with Crippen LogP contribution in [0.4, 0.5) is 0 Å². The van der Waals surface area contributed by atoms with Gasteiger partial charge in [0.2, 0.25) is 5.91 Å². The van der Waals surface area contributed by atoms with E-state index in [1.807, 2.05) is 17.9 Å². The van der Waals surface area contributed by atoms with Crippen LogP contribution in [0.1, 0.15) is 51.0 Å². The molecule has 1 aromatic carbocycles. The number of ether oxygens (including phenoxy) is 1. The number of amides is 2. The number of nitrogens with zero attached hydrogens (tertiary/aromatic N) is 2. The first-order valence-electron chi connectivity index (χ1n) is 11.3. The summed E-state index contributed by atoms with van der Waals surface area (Å²) in [5.41, 5.74) is 0.291. The highest BCUT2D eigenvalue weighted by atomic mass is 16.5. The number of hydrogen-bond donors (Lipinski definition) is 0. The van der Waals surface area contributed by atoms with E-state index in [4.69, 9.17) is 9.15 Å². The third kappa shape index (κ3) is 3.50. The van der Waals surface area contributed by atoms with Gasteiger partial charge in [-0.1, -0.05) is 6.92 Å². The first-order valence-corrected chi connectivity index (χ1v) is 11.3. The van der Waals surface area contributed by atoms with E-state index in [2.05, 4.69) is 0 Å². The van der Waals surface area contributed by atoms with Crippen LogP contribution in [0.15, 0.2) is 33.5 Å². The predicted molar refractivity (Wildman–Crippen MR) is 115 cm³/mol. The minimum Gasteiger partial charge on any atom is -0.484 e. The van der Waals surface area contributed by atoms with Crippen molar-refractivity contribution in [2.75, 3.05) is 19.7 Å². The van der Waals surface area contributed by atoms with Gasteiger partial charge in [-0.3, -0.25) is 9.59 Å². The largest absolute Gasteiger partial charge is 0.484 e. The van der Waals surface area contributed by atoms with Gasteiger partial charge in [0.05, 0.1) is 0 Å². The molecule has 3 heterocycles. The van der Waals surface area contributed by atoms with Crippen molar-refractivity contribution in [1.82, 2.24) is 9.80 Å². The maximum Gasteiger partial charge on any atom is 0.336 e. The summed E-state index contributed by atoms with van der Waals surface area (Å²) in [6, 6.07) is 7.18. The fourth-order valence-electron chi connectivity index (χ4n) is 5.29. The summed E-state index contributed by atoms with van der Waals surface area (Å²) in [5.74, 6) is 0.444. The standard InChI is InChI=1S/C24H28N2O5/c1-2-16-13-22(28)31-20-14-18(7-8-19(16)20)30-15-21(27)26-12-4-10-24(26)9-3-11-25(23(24)29)17-5-6-17/h7-8,13-14,17H,2-6,9-12,15H2,1H3. The normalized spacial score (nSPS) is 23.7. The first-order chi connectivity index (χ1) is 15.0. The second-order valence-electron chi connectivity index (χ2n) is 8.90. The van der Waals surface area contributed by atoms with Crippen molar-refractivity contribution in [2.45, 2.75) is 63.5 Å². The number of hydrogen-bond acceptors (Lipinski definition) is 5. The third-order valence-corrected chi connectivity index (χ3v) is 6.97. The van der Waals surface area contributed by atoms with Crippen molar-refractivity contribution in [3.63, 3.8) is 0 Å². The molecule has 1 aliphatic carbocycles. The Morgan fingerprint density at radius 3 is 2.68 bits per heavy atom. The average Bonchev–Trinajstić information content (AvgIpc) is 3.53. The van der Waals surface area contributed by atoms with Gasteiger partial charge >= 0.3 is 5.63 Å². The zero-order valence-corrected chi connectivity index (χ0v) is 17.9. The minimum absolute atomic E-state index is 0.131. The van der Waals surface area contributed by atoms with E-state index in [9.17, 15) is 14.4 Å². The van der Waals surface area contributed by atoms with Crippen LogP contribution in [0.2, 0.25) is 0 Å². The van der Waals surface area contributed by atoms with Crippen molar-refractivity contribution in [2.24, 2.45) is 0 Å². The Morgan fingerprint density at radius 1 is 1.16 bits per heavy atom. The molecule has 7 heteroatoms. The average molecular weight is 424 g/mol. The molecule has 1 saturated carbocycles. The third-order valence-electron chi connectivity index (χ3n) is 6.97. The maximum atomic E-state index is 13.3. The molecule has 164 valence electrons. The summed E-state index contributed by atoms with van der Waals surface area (Å²) >= 11 is 0. The second-order valence-corrected chi connectivity index (χ2v) is 8.90. The van der Waals surface area contributed by atoms with E-state index in [-0.39, 0.29) is 18.4 Å². The van der Waals surface area contributed by atoms with Crippen molar-refractivity contribution in [1.29, 1.82) is 0 Å². The van der Waals surface area contributed by atoms with Crippen LogP contribution in [0.5, 0.6) is 5.75 Å². The molecule has 31 heavy (non-hydrogen) atoms. The molecule has 2 aliphatic heterocycles. The summed E-state index contributed by atoms with van der Waals surface area (Å²) in [6.07, 6.45) is 6.15. The number of fused-ring (bicyclic) bond motifs is 1. The lowest BCUT2D eigenvalue weighted by Gasteiger charge is -2.44. The van der Waals surface area contributed by atoms with Crippen LogP contribution >= 0.6 is 0 Å². The second kappa shape index (κ2) is 7.70. The molecule has 3 fully saturated rings. The van der Waals surface area contributed by atoms with Crippen LogP contribution in [0.25, 0.3) is 11.0 Å². The SMILES string of the molecule is CCc1cc(=O)oc2cc(OCC(=O)N3CCCC34CCCN(C3CC3)C4=O)ccc12. The Hall–Kier alpha value is -2.83. The Balaban J connectivity index is 1.32. The molecule has 5 rings (SSSR count). The number of rotatable bonds is 5. The highest BCUT2D eigenvalue weighted by Crippen LogP contribution is 2.41. The fraction of sp³-hybridized carbons (Fsp3) is 0.542. The van der Waals surface area contributed by atoms with Crippen molar-refractivity contribution in [3.05, 3.63) is 40.2 Å². The molecule has 0 bridgehead atoms. The molecule has 1 unspecified atom stereocenters. The highest BCUT2D eigenvalue weighted by molar-refractivity contribution is 5.93. The first kappa shape index (κ1) is 20.1. The van der Waals surface area contributed by atoms with E-state index in [0.717, 1.165) is 62.4 Å². The predicted octanol–water partition coefficient (Wildman–Crippen LogP) is 2.88. The van der Waals surface area contributed by atoms with E-state index >= 15 is 0 Å². The van der Waals surface area contributed by atoms with Crippen molar-refractivity contribution >= 4 is 22.8 Å². The zero-order valence-electron chi connectivity index (χ0n) is 17.9. The summed E-state index contributed by atoms with van der Waals surface area (Å²) in [7, 11) is 0. The highest BCUT2D eigenvalue weighted by Gasteiger charge is 2.54. The zero-order chi connectivity index (χ0) is 21.6. The van der Waals surface area contributed by atoms with Gasteiger partial charge in [-0.15, -0.1) is 0 Å². The van der Waals surface area contributed by atoms with Gasteiger partial charge in [-0.25, -0.2) is 4.79 Å². The van der Waals surface area contributed by atoms with E-state index < -0.39 is 11.2 Å². The number of carbonyl (C=O) groups excluding carboxylic acids is 2. The Labute approximate surface area is 180 Å². The van der Waals surface area contributed by atoms with Gasteiger partial charge in [-0.2, -0.15) is 0 Å². The number of benzene rings is 1. The molecule has 2 amide bonds. The maximum absolute atomic E-state index is 13.3. The minimum atomic E-state index is -0.687. The van der Waals surface area contributed by atoms with E-state index in [0.29, 0.717) is 23.9 Å². The summed E-state index contributed by atoms with van der Waals surface area (Å²) in [4.78, 5) is 42.0. The summed E-state index contributed by atoms with van der Waals surface area (Å²) < 4.78 is 11.1. The van der Waals surface area contributed by atoms with Gasteiger partial charge in [-0.05, 0) is 62.6 Å². The smallest absolute Gasteiger partial charge is 0.336 e. The van der Waals surface area contributed by atoms with Gasteiger partial charge < -0.3 is 19.0 Å². The van der Waals surface area contributed by atoms with Gasteiger partial charge in [0.15, 0.2) is 6.61 Å². The molecule has 1 spiro atoms. The van der Waals surface area contributed by atoms with Gasteiger partial charge in [0.25, 0.3) is 5.91 Å². The Kier molecular flexibility index (Phi) is 4.99. The van der Waals surface area contributed by atoms with E-state index in [1.54, 1.807) is 17.0 Å². The molecule has 2 aromatic rings. The molecular weight excluding hydrogens is 396 g/mol. The molecule has 1 aromatic heterocycles. The Bertz CT molecular complexity index is 1090. The van der Waals surface area contributed by atoms with Crippen LogP contribution in [0.3, 0.4) is 0 Å². The van der Waals surface area contributed by atoms with Gasteiger partial charge in [0.1, 0.15) is 16.9 Å². The van der Waals surface area contributed by atoms with Crippen LogP contribution < -0.4 is 10.4 Å². The number of likely N-dealkylation sites (tertiary alicyclic amines) is 2. The Morgan fingerprint density at radius 2 is 1.94 bits per heavy atom. The summed E-state index contributed by atoms with van der Waals surface area (Å²) in [5, 5.41) is 0.868. The van der Waals surface area contributed by atoms with Crippen LogP contribution in [-0.4, -0.2) is 52.9 Å². The molecule has 3 aliphatic rings. The van der Waals surface area contributed by atoms with Crippen LogP contribution in [-0.2, 0) is 16.0 Å². The summed E-state index contributed by atoms with van der Waals surface area (Å²) in [6.45, 7) is 3.26. The number of aryl methyl sites for hydroxylation is 1. The number of carbonyl (C=O) groups is 2. The molecule has 1 atom stereocenters. The monoisotopic (exact) mass is 424 g/mol. The number of piperidine rings is 1. The lowest BCUT2D eigenvalue weighted by atomic mass is 9.85. The van der Waals surface area contributed by atoms with Crippen molar-refractivity contribution < 1.29 is 18.7 Å². The molecular formula is C24H28N2O5. The van der Waals surface area contributed by atoms with Gasteiger partial charge in [0, 0.05) is 36.7 Å². The molecule has 0 N–H and O–H groups in total. The fourth-order valence-corrected chi connectivity index (χ4v) is 5.29. The van der Waals surface area contributed by atoms with Crippen molar-refractivity contribution in [3.8, 4) is 5.75 Å².